The van der Waals surface area contributed by atoms with Crippen LogP contribution in [0.2, 0.25) is 0 Å². The van der Waals surface area contributed by atoms with Gasteiger partial charge in [0.2, 0.25) is 0 Å². The number of hydrogen-bond donors (Lipinski definition) is 0. The summed E-state index contributed by atoms with van der Waals surface area (Å²) >= 11 is 0. The second-order valence-electron chi connectivity index (χ2n) is 8.03. The second-order valence-corrected chi connectivity index (χ2v) is 8.03. The normalized spacial score (nSPS) is 16.6. The lowest BCUT2D eigenvalue weighted by atomic mass is 9.94. The molecule has 27 heavy (non-hydrogen) atoms. The van der Waals surface area contributed by atoms with Crippen LogP contribution in [0.3, 0.4) is 0 Å². The highest BCUT2D eigenvalue weighted by Gasteiger charge is 2.24. The van der Waals surface area contributed by atoms with E-state index in [-0.39, 0.29) is 16.7 Å². The molecule has 0 aromatic carbocycles. The highest BCUT2D eigenvalue weighted by Crippen LogP contribution is 2.26. The fraction of sp³-hybridized carbons (Fsp3) is 0.611. The van der Waals surface area contributed by atoms with Crippen LogP contribution in [-0.4, -0.2) is 56.3 Å². The Morgan fingerprint density at radius 2 is 1.85 bits per heavy atom. The Bertz CT molecular complexity index is 1110. The van der Waals surface area contributed by atoms with Gasteiger partial charge in [0, 0.05) is 38.6 Å². The Morgan fingerprint density at radius 3 is 2.52 bits per heavy atom. The van der Waals surface area contributed by atoms with Crippen LogP contribution in [0.25, 0.3) is 17.0 Å². The number of oxazole rings is 1. The van der Waals surface area contributed by atoms with Gasteiger partial charge in [-0.05, 0) is 0 Å². The molecule has 0 spiro atoms. The van der Waals surface area contributed by atoms with Crippen LogP contribution in [0.15, 0.2) is 20.2 Å². The van der Waals surface area contributed by atoms with Gasteiger partial charge in [-0.3, -0.25) is 23.2 Å². The zero-order chi connectivity index (χ0) is 19.3. The molecule has 146 valence electrons. The first-order chi connectivity index (χ1) is 12.8. The third-order valence-corrected chi connectivity index (χ3v) is 5.07. The summed E-state index contributed by atoms with van der Waals surface area (Å²) in [6, 6.07) is 0. The van der Waals surface area contributed by atoms with Crippen molar-refractivity contribution in [2.45, 2.75) is 32.7 Å². The average Bonchev–Trinajstić information content (AvgIpc) is 3.18. The van der Waals surface area contributed by atoms with E-state index in [1.54, 1.807) is 17.6 Å². The van der Waals surface area contributed by atoms with E-state index in [9.17, 15) is 9.59 Å². The Balaban J connectivity index is 1.81. The molecule has 9 nitrogen and oxygen atoms in total. The molecule has 1 aliphatic heterocycles. The molecule has 1 fully saturated rings. The Kier molecular flexibility index (Phi) is 4.23. The molecule has 0 bridgehead atoms. The number of aromatic nitrogens is 4. The maximum Gasteiger partial charge on any atom is 0.332 e. The standard InChI is InChI=1S/C18H25N5O4/c1-18(2,3)12-11-23-13-14(19-16(23)27-12)20(4)17(25)22(15(13)24)6-5-21-7-9-26-10-8-21/h11H,5-10H2,1-4H3. The van der Waals surface area contributed by atoms with Crippen molar-refractivity contribution in [3.8, 4) is 0 Å². The number of rotatable bonds is 3. The molecule has 0 amide bonds. The summed E-state index contributed by atoms with van der Waals surface area (Å²) in [7, 11) is 1.63. The average molecular weight is 375 g/mol. The van der Waals surface area contributed by atoms with Crippen molar-refractivity contribution in [2.24, 2.45) is 7.05 Å². The maximum atomic E-state index is 13.1. The quantitative estimate of drug-likeness (QED) is 0.665. The van der Waals surface area contributed by atoms with E-state index in [0.717, 1.165) is 18.8 Å². The molecule has 0 aliphatic carbocycles. The van der Waals surface area contributed by atoms with Gasteiger partial charge < -0.3 is 9.15 Å². The maximum absolute atomic E-state index is 13.1. The number of nitrogens with zero attached hydrogens (tertiary/aromatic N) is 5. The van der Waals surface area contributed by atoms with Gasteiger partial charge in [0.1, 0.15) is 5.76 Å². The molecule has 0 radical (unpaired) electrons. The Hall–Kier alpha value is -2.39. The first-order valence-corrected chi connectivity index (χ1v) is 9.19. The van der Waals surface area contributed by atoms with E-state index in [1.807, 2.05) is 20.8 Å². The SMILES string of the molecule is Cn1c(=O)n(CCN2CCOCC2)c(=O)c2c1nc1oc(C(C)(C)C)cn12. The third-order valence-electron chi connectivity index (χ3n) is 5.07. The summed E-state index contributed by atoms with van der Waals surface area (Å²) in [5, 5.41) is 0. The van der Waals surface area contributed by atoms with Crippen molar-refractivity contribution >= 4 is 17.0 Å². The number of hydrogen-bond acceptors (Lipinski definition) is 6. The molecule has 3 aromatic heterocycles. The Labute approximate surface area is 155 Å². The highest BCUT2D eigenvalue weighted by molar-refractivity contribution is 5.74. The minimum Gasteiger partial charge on any atom is -0.428 e. The minimum absolute atomic E-state index is 0.205. The van der Waals surface area contributed by atoms with E-state index in [4.69, 9.17) is 9.15 Å². The highest BCUT2D eigenvalue weighted by atomic mass is 16.5. The number of ether oxygens (including phenoxy) is 1. The summed E-state index contributed by atoms with van der Waals surface area (Å²) in [5.41, 5.74) is -0.198. The molecule has 4 rings (SSSR count). The van der Waals surface area contributed by atoms with Gasteiger partial charge in [-0.25, -0.2) is 4.79 Å². The predicted molar refractivity (Wildman–Crippen MR) is 100 cm³/mol. The van der Waals surface area contributed by atoms with Crippen molar-refractivity contribution in [3.05, 3.63) is 32.8 Å². The zero-order valence-corrected chi connectivity index (χ0v) is 16.2. The summed E-state index contributed by atoms with van der Waals surface area (Å²) in [5.74, 6) is 1.06. The van der Waals surface area contributed by atoms with Crippen LogP contribution in [0, 0.1) is 0 Å². The molecule has 3 aromatic rings. The lowest BCUT2D eigenvalue weighted by molar-refractivity contribution is 0.0361. The topological polar surface area (TPSA) is 86.9 Å². The van der Waals surface area contributed by atoms with Gasteiger partial charge in [0.25, 0.3) is 5.56 Å². The minimum atomic E-state index is -0.363. The molecular weight excluding hydrogens is 350 g/mol. The third kappa shape index (κ3) is 3.00. The van der Waals surface area contributed by atoms with E-state index >= 15 is 0 Å². The molecule has 0 N–H and O–H groups in total. The number of aryl methyl sites for hydroxylation is 1. The summed E-state index contributed by atoms with van der Waals surface area (Å²) in [6.07, 6.45) is 1.79. The second kappa shape index (κ2) is 6.35. The van der Waals surface area contributed by atoms with Crippen molar-refractivity contribution < 1.29 is 9.15 Å². The first kappa shape index (κ1) is 18.0. The molecule has 0 unspecified atom stereocenters. The zero-order valence-electron chi connectivity index (χ0n) is 16.2. The molecule has 4 heterocycles. The van der Waals surface area contributed by atoms with Gasteiger partial charge in [-0.2, -0.15) is 4.98 Å². The van der Waals surface area contributed by atoms with Gasteiger partial charge >= 0.3 is 11.5 Å². The molecule has 0 saturated carbocycles. The first-order valence-electron chi connectivity index (χ1n) is 9.19. The smallest absolute Gasteiger partial charge is 0.332 e. The summed E-state index contributed by atoms with van der Waals surface area (Å²) in [6.45, 7) is 10.0. The number of fused-ring (bicyclic) bond motifs is 3. The molecule has 1 aliphatic rings. The lowest BCUT2D eigenvalue weighted by Gasteiger charge is -2.26. The molecule has 9 heteroatoms. The van der Waals surface area contributed by atoms with Crippen LogP contribution >= 0.6 is 0 Å². The van der Waals surface area contributed by atoms with Crippen LogP contribution in [-0.2, 0) is 23.7 Å². The molecule has 1 saturated heterocycles. The van der Waals surface area contributed by atoms with Crippen molar-refractivity contribution in [1.82, 2.24) is 23.4 Å². The van der Waals surface area contributed by atoms with Crippen molar-refractivity contribution in [2.75, 3.05) is 32.8 Å². The van der Waals surface area contributed by atoms with Crippen LogP contribution < -0.4 is 11.2 Å². The molecule has 0 atom stereocenters. The number of morpholine rings is 1. The monoisotopic (exact) mass is 375 g/mol. The van der Waals surface area contributed by atoms with Gasteiger partial charge in [0.15, 0.2) is 11.2 Å². The summed E-state index contributed by atoms with van der Waals surface area (Å²) in [4.78, 5) is 32.4. The van der Waals surface area contributed by atoms with Crippen LogP contribution in [0.5, 0.6) is 0 Å². The van der Waals surface area contributed by atoms with Gasteiger partial charge in [0.05, 0.1) is 19.4 Å². The van der Waals surface area contributed by atoms with E-state index in [0.29, 0.717) is 43.3 Å². The van der Waals surface area contributed by atoms with Crippen LogP contribution in [0.1, 0.15) is 26.5 Å². The van der Waals surface area contributed by atoms with Crippen molar-refractivity contribution in [1.29, 1.82) is 0 Å². The van der Waals surface area contributed by atoms with Crippen LogP contribution in [0.4, 0.5) is 0 Å². The predicted octanol–water partition coefficient (Wildman–Crippen LogP) is 0.571. The fourth-order valence-corrected chi connectivity index (χ4v) is 3.36. The van der Waals surface area contributed by atoms with Gasteiger partial charge in [-0.15, -0.1) is 0 Å². The fourth-order valence-electron chi connectivity index (χ4n) is 3.36. The molecular formula is C18H25N5O4. The Morgan fingerprint density at radius 1 is 1.15 bits per heavy atom. The van der Waals surface area contributed by atoms with Crippen molar-refractivity contribution in [3.63, 3.8) is 0 Å². The van der Waals surface area contributed by atoms with E-state index in [2.05, 4.69) is 9.88 Å². The van der Waals surface area contributed by atoms with Gasteiger partial charge in [-0.1, -0.05) is 20.8 Å². The van der Waals surface area contributed by atoms with E-state index in [1.165, 1.54) is 9.13 Å². The lowest BCUT2D eigenvalue weighted by Crippen LogP contribution is -2.44. The van der Waals surface area contributed by atoms with E-state index < -0.39 is 0 Å². The largest absolute Gasteiger partial charge is 0.428 e. The number of imidazole rings is 1. The summed E-state index contributed by atoms with van der Waals surface area (Å²) < 4.78 is 15.5.